The minimum Gasteiger partial charge on any atom is -0.348 e. The topological polar surface area (TPSA) is 72.7 Å². The quantitative estimate of drug-likeness (QED) is 0.512. The van der Waals surface area contributed by atoms with Crippen molar-refractivity contribution in [3.8, 4) is 11.4 Å². The van der Waals surface area contributed by atoms with Crippen molar-refractivity contribution in [1.29, 1.82) is 0 Å². The molecule has 0 fully saturated rings. The first-order valence-electron chi connectivity index (χ1n) is 10.4. The Labute approximate surface area is 182 Å². The number of rotatable bonds is 9. The van der Waals surface area contributed by atoms with Gasteiger partial charge in [-0.1, -0.05) is 56.8 Å². The van der Waals surface area contributed by atoms with Crippen molar-refractivity contribution >= 4 is 17.7 Å². The van der Waals surface area contributed by atoms with Gasteiger partial charge in [-0.25, -0.2) is 0 Å². The maximum absolute atomic E-state index is 12.7. The van der Waals surface area contributed by atoms with Crippen molar-refractivity contribution in [3.05, 3.63) is 59.9 Å². The molecular weight excluding hydrogens is 394 g/mol. The van der Waals surface area contributed by atoms with Crippen LogP contribution in [-0.4, -0.2) is 31.4 Å². The number of pyridine rings is 1. The third-order valence-electron chi connectivity index (χ3n) is 5.03. The van der Waals surface area contributed by atoms with Crippen molar-refractivity contribution in [1.82, 2.24) is 25.1 Å². The summed E-state index contributed by atoms with van der Waals surface area (Å²) in [5.41, 5.74) is 3.40. The Hall–Kier alpha value is -2.67. The van der Waals surface area contributed by atoms with Crippen LogP contribution in [-0.2, 0) is 17.8 Å². The van der Waals surface area contributed by atoms with Crippen molar-refractivity contribution in [2.24, 2.45) is 5.92 Å². The van der Waals surface area contributed by atoms with Crippen LogP contribution in [0.3, 0.4) is 0 Å². The van der Waals surface area contributed by atoms with Gasteiger partial charge in [-0.2, -0.15) is 0 Å². The van der Waals surface area contributed by atoms with E-state index in [9.17, 15) is 4.79 Å². The van der Waals surface area contributed by atoms with Gasteiger partial charge in [0.25, 0.3) is 0 Å². The molecule has 0 saturated heterocycles. The molecule has 1 amide bonds. The summed E-state index contributed by atoms with van der Waals surface area (Å²) in [6, 6.07) is 12.3. The van der Waals surface area contributed by atoms with Crippen LogP contribution in [0.25, 0.3) is 11.4 Å². The van der Waals surface area contributed by atoms with E-state index in [1.165, 1.54) is 17.3 Å². The minimum absolute atomic E-state index is 0.00520. The highest BCUT2D eigenvalue weighted by atomic mass is 32.2. The summed E-state index contributed by atoms with van der Waals surface area (Å²) in [7, 11) is 0. The molecule has 3 aromatic rings. The standard InChI is InChI=1S/C23H29N5OS/c1-5-17-7-9-18(10-8-17)21(16(3)4)25-20(29)15-30-23-27-26-22(28(23)6-2)19-11-13-24-14-12-19/h7-14,16,21H,5-6,15H2,1-4H3,(H,25,29)/t21-/m0/s1. The lowest BCUT2D eigenvalue weighted by Crippen LogP contribution is -2.33. The maximum Gasteiger partial charge on any atom is 0.230 e. The molecule has 7 heteroatoms. The lowest BCUT2D eigenvalue weighted by atomic mass is 9.95. The molecule has 0 aliphatic carbocycles. The van der Waals surface area contributed by atoms with Crippen molar-refractivity contribution in [2.45, 2.75) is 51.9 Å². The van der Waals surface area contributed by atoms with E-state index < -0.39 is 0 Å². The average molecular weight is 424 g/mol. The summed E-state index contributed by atoms with van der Waals surface area (Å²) in [6.45, 7) is 9.17. The van der Waals surface area contributed by atoms with Crippen LogP contribution in [0, 0.1) is 5.92 Å². The Morgan fingerprint density at radius 1 is 1.07 bits per heavy atom. The van der Waals surface area contributed by atoms with Crippen LogP contribution in [0.2, 0.25) is 0 Å². The van der Waals surface area contributed by atoms with E-state index >= 15 is 0 Å². The number of thioether (sulfide) groups is 1. The summed E-state index contributed by atoms with van der Waals surface area (Å²) in [4.78, 5) is 16.8. The van der Waals surface area contributed by atoms with Gasteiger partial charge in [0.1, 0.15) is 0 Å². The number of nitrogens with zero attached hydrogens (tertiary/aromatic N) is 4. The predicted octanol–water partition coefficient (Wildman–Crippen LogP) is 4.53. The Morgan fingerprint density at radius 2 is 1.77 bits per heavy atom. The Balaban J connectivity index is 1.66. The fourth-order valence-electron chi connectivity index (χ4n) is 3.34. The number of aryl methyl sites for hydroxylation is 1. The monoisotopic (exact) mass is 423 g/mol. The Bertz CT molecular complexity index is 953. The number of amides is 1. The van der Waals surface area contributed by atoms with Gasteiger partial charge in [-0.3, -0.25) is 9.78 Å². The van der Waals surface area contributed by atoms with E-state index in [0.717, 1.165) is 35.1 Å². The van der Waals surface area contributed by atoms with Crippen molar-refractivity contribution < 1.29 is 4.79 Å². The SMILES string of the molecule is CCc1ccc([C@@H](NC(=O)CSc2nnc(-c3ccncc3)n2CC)C(C)C)cc1. The van der Waals surface area contributed by atoms with Gasteiger partial charge in [-0.15, -0.1) is 10.2 Å². The molecule has 158 valence electrons. The number of hydrogen-bond donors (Lipinski definition) is 1. The molecule has 0 spiro atoms. The Kier molecular flexibility index (Phi) is 7.63. The summed E-state index contributed by atoms with van der Waals surface area (Å²) >= 11 is 1.41. The zero-order chi connectivity index (χ0) is 21.5. The predicted molar refractivity (Wildman–Crippen MR) is 121 cm³/mol. The molecule has 0 unspecified atom stereocenters. The molecule has 0 bridgehead atoms. The first-order valence-corrected chi connectivity index (χ1v) is 11.4. The van der Waals surface area contributed by atoms with Crippen LogP contribution in [0.5, 0.6) is 0 Å². The second-order valence-electron chi connectivity index (χ2n) is 7.46. The van der Waals surface area contributed by atoms with Gasteiger partial charge in [-0.05, 0) is 42.5 Å². The van der Waals surface area contributed by atoms with E-state index in [4.69, 9.17) is 0 Å². The molecule has 6 nitrogen and oxygen atoms in total. The number of carbonyl (C=O) groups is 1. The van der Waals surface area contributed by atoms with E-state index in [2.05, 4.69) is 65.5 Å². The molecule has 2 aromatic heterocycles. The molecule has 1 aromatic carbocycles. The number of aromatic nitrogens is 4. The zero-order valence-electron chi connectivity index (χ0n) is 18.0. The summed E-state index contributed by atoms with van der Waals surface area (Å²) in [5, 5.41) is 12.6. The molecule has 1 N–H and O–H groups in total. The molecule has 1 atom stereocenters. The second-order valence-corrected chi connectivity index (χ2v) is 8.40. The first-order chi connectivity index (χ1) is 14.5. The van der Waals surface area contributed by atoms with Crippen LogP contribution in [0.4, 0.5) is 0 Å². The van der Waals surface area contributed by atoms with Gasteiger partial charge in [0.15, 0.2) is 11.0 Å². The molecule has 0 aliphatic heterocycles. The number of benzene rings is 1. The fraction of sp³-hybridized carbons (Fsp3) is 0.391. The highest BCUT2D eigenvalue weighted by Gasteiger charge is 2.20. The lowest BCUT2D eigenvalue weighted by Gasteiger charge is -2.23. The molecule has 2 heterocycles. The minimum atomic E-state index is -0.0135. The number of carbonyl (C=O) groups excluding carboxylic acids is 1. The average Bonchev–Trinajstić information content (AvgIpc) is 3.19. The van der Waals surface area contributed by atoms with E-state index in [1.807, 2.05) is 23.6 Å². The molecule has 0 saturated carbocycles. The smallest absolute Gasteiger partial charge is 0.230 e. The van der Waals surface area contributed by atoms with Gasteiger partial charge in [0.05, 0.1) is 11.8 Å². The molecule has 0 aliphatic rings. The van der Waals surface area contributed by atoms with Crippen molar-refractivity contribution in [3.63, 3.8) is 0 Å². The number of nitrogens with one attached hydrogen (secondary N) is 1. The largest absolute Gasteiger partial charge is 0.348 e. The summed E-state index contributed by atoms with van der Waals surface area (Å²) in [5.74, 6) is 1.38. The fourth-order valence-corrected chi connectivity index (χ4v) is 4.15. The number of hydrogen-bond acceptors (Lipinski definition) is 5. The molecular formula is C23H29N5OS. The highest BCUT2D eigenvalue weighted by Crippen LogP contribution is 2.25. The van der Waals surface area contributed by atoms with Crippen LogP contribution >= 0.6 is 11.8 Å². The summed E-state index contributed by atoms with van der Waals surface area (Å²) < 4.78 is 2.02. The molecule has 0 radical (unpaired) electrons. The third-order valence-corrected chi connectivity index (χ3v) is 6.00. The first kappa shape index (κ1) is 22.0. The van der Waals surface area contributed by atoms with Gasteiger partial charge in [0.2, 0.25) is 5.91 Å². The second kappa shape index (κ2) is 10.4. The van der Waals surface area contributed by atoms with Crippen LogP contribution in [0.1, 0.15) is 44.9 Å². The summed E-state index contributed by atoms with van der Waals surface area (Å²) in [6.07, 6.45) is 4.49. The lowest BCUT2D eigenvalue weighted by molar-refractivity contribution is -0.119. The van der Waals surface area contributed by atoms with Gasteiger partial charge >= 0.3 is 0 Å². The highest BCUT2D eigenvalue weighted by molar-refractivity contribution is 7.99. The van der Waals surface area contributed by atoms with Gasteiger partial charge < -0.3 is 9.88 Å². The van der Waals surface area contributed by atoms with E-state index in [0.29, 0.717) is 11.7 Å². The van der Waals surface area contributed by atoms with E-state index in [1.54, 1.807) is 12.4 Å². The third kappa shape index (κ3) is 5.27. The Morgan fingerprint density at radius 3 is 2.37 bits per heavy atom. The van der Waals surface area contributed by atoms with E-state index in [-0.39, 0.29) is 11.9 Å². The molecule has 3 rings (SSSR count). The van der Waals surface area contributed by atoms with Crippen molar-refractivity contribution in [2.75, 3.05) is 5.75 Å². The molecule has 30 heavy (non-hydrogen) atoms. The normalized spacial score (nSPS) is 12.2. The van der Waals surface area contributed by atoms with Crippen LogP contribution in [0.15, 0.2) is 53.9 Å². The zero-order valence-corrected chi connectivity index (χ0v) is 18.8. The van der Waals surface area contributed by atoms with Crippen LogP contribution < -0.4 is 5.32 Å². The maximum atomic E-state index is 12.7. The van der Waals surface area contributed by atoms with Gasteiger partial charge in [0, 0.05) is 24.5 Å².